The summed E-state index contributed by atoms with van der Waals surface area (Å²) in [5.74, 6) is -0.197. The molecule has 0 fully saturated rings. The van der Waals surface area contributed by atoms with Gasteiger partial charge in [0, 0.05) is 32.1 Å². The van der Waals surface area contributed by atoms with Gasteiger partial charge >= 0.3 is 0 Å². The van der Waals surface area contributed by atoms with Gasteiger partial charge in [0.2, 0.25) is 5.91 Å². The van der Waals surface area contributed by atoms with Crippen LogP contribution in [0.3, 0.4) is 0 Å². The summed E-state index contributed by atoms with van der Waals surface area (Å²) in [7, 11) is 3.64. The zero-order valence-electron chi connectivity index (χ0n) is 14.9. The summed E-state index contributed by atoms with van der Waals surface area (Å²) in [5, 5.41) is 22.1. The highest BCUT2D eigenvalue weighted by atomic mass is 16.3. The van der Waals surface area contributed by atoms with Crippen LogP contribution in [0.4, 0.5) is 5.69 Å². The van der Waals surface area contributed by atoms with Gasteiger partial charge in [-0.1, -0.05) is 26.7 Å². The molecule has 7 heteroatoms. The van der Waals surface area contributed by atoms with Crippen LogP contribution in [-0.4, -0.2) is 36.2 Å². The lowest BCUT2D eigenvalue weighted by atomic mass is 9.89. The summed E-state index contributed by atoms with van der Waals surface area (Å²) < 4.78 is 3.35. The highest BCUT2D eigenvalue weighted by Gasteiger charge is 2.28. The lowest BCUT2D eigenvalue weighted by Gasteiger charge is -2.26. The molecule has 0 saturated heterocycles. The normalized spacial score (nSPS) is 11.7. The molecule has 1 amide bonds. The number of amides is 1. The SMILES string of the molecule is CCCC(O)(CCC)CC(=O)Nc1cn(C)nc1-c1cnn(C)c1. The van der Waals surface area contributed by atoms with Gasteiger partial charge in [-0.3, -0.25) is 14.2 Å². The predicted molar refractivity (Wildman–Crippen MR) is 93.4 cm³/mol. The monoisotopic (exact) mass is 333 g/mol. The van der Waals surface area contributed by atoms with Crippen molar-refractivity contribution in [2.45, 2.75) is 51.6 Å². The molecule has 0 spiro atoms. The number of hydrogen-bond acceptors (Lipinski definition) is 4. The minimum Gasteiger partial charge on any atom is -0.389 e. The van der Waals surface area contributed by atoms with E-state index in [1.54, 1.807) is 28.8 Å². The molecule has 2 aromatic heterocycles. The molecule has 0 atom stereocenters. The lowest BCUT2D eigenvalue weighted by Crippen LogP contribution is -2.33. The topological polar surface area (TPSA) is 85.0 Å². The van der Waals surface area contributed by atoms with E-state index in [9.17, 15) is 9.90 Å². The van der Waals surface area contributed by atoms with E-state index >= 15 is 0 Å². The molecule has 132 valence electrons. The minimum absolute atomic E-state index is 0.0933. The van der Waals surface area contributed by atoms with Crippen molar-refractivity contribution in [3.05, 3.63) is 18.6 Å². The number of aryl methyl sites for hydroxylation is 2. The van der Waals surface area contributed by atoms with Crippen LogP contribution in [-0.2, 0) is 18.9 Å². The van der Waals surface area contributed by atoms with E-state index in [1.807, 2.05) is 27.1 Å². The number of anilines is 1. The van der Waals surface area contributed by atoms with E-state index in [-0.39, 0.29) is 12.3 Å². The van der Waals surface area contributed by atoms with Crippen molar-refractivity contribution in [1.29, 1.82) is 0 Å². The molecular formula is C17H27N5O2. The minimum atomic E-state index is -0.940. The maximum Gasteiger partial charge on any atom is 0.227 e. The summed E-state index contributed by atoms with van der Waals surface area (Å²) in [6, 6.07) is 0. The molecule has 2 aromatic rings. The molecule has 0 aliphatic heterocycles. The molecule has 2 N–H and O–H groups in total. The first-order chi connectivity index (χ1) is 11.4. The Morgan fingerprint density at radius 1 is 1.21 bits per heavy atom. The van der Waals surface area contributed by atoms with Gasteiger partial charge in [0.15, 0.2) is 0 Å². The Morgan fingerprint density at radius 2 is 1.88 bits per heavy atom. The van der Waals surface area contributed by atoms with Crippen molar-refractivity contribution in [2.75, 3.05) is 5.32 Å². The van der Waals surface area contributed by atoms with Crippen LogP contribution in [0.5, 0.6) is 0 Å². The Morgan fingerprint density at radius 3 is 2.42 bits per heavy atom. The summed E-state index contributed by atoms with van der Waals surface area (Å²) in [6.07, 6.45) is 8.35. The van der Waals surface area contributed by atoms with Crippen LogP contribution in [0.15, 0.2) is 18.6 Å². The second-order valence-corrected chi connectivity index (χ2v) is 6.42. The van der Waals surface area contributed by atoms with E-state index in [0.29, 0.717) is 24.2 Å². The molecule has 0 aliphatic carbocycles. The van der Waals surface area contributed by atoms with Gasteiger partial charge in [0.05, 0.1) is 23.9 Å². The second kappa shape index (κ2) is 7.61. The first kappa shape index (κ1) is 18.2. The molecular weight excluding hydrogens is 306 g/mol. The standard InChI is InChI=1S/C17H27N5O2/c1-5-7-17(24,8-6-2)9-15(23)19-14-12-22(4)20-16(14)13-10-18-21(3)11-13/h10-12,24H,5-9H2,1-4H3,(H,19,23). The van der Waals surface area contributed by atoms with E-state index in [0.717, 1.165) is 18.4 Å². The molecule has 0 aliphatic rings. The fraction of sp³-hybridized carbons (Fsp3) is 0.588. The maximum atomic E-state index is 12.4. The van der Waals surface area contributed by atoms with Crippen LogP contribution in [0.25, 0.3) is 11.3 Å². The molecule has 2 heterocycles. The van der Waals surface area contributed by atoms with Crippen LogP contribution in [0.1, 0.15) is 46.0 Å². The average molecular weight is 333 g/mol. The Labute approximate surface area is 142 Å². The third-order valence-electron chi connectivity index (χ3n) is 4.00. The number of nitrogens with one attached hydrogen (secondary N) is 1. The molecule has 24 heavy (non-hydrogen) atoms. The van der Waals surface area contributed by atoms with Crippen molar-refractivity contribution in [3.63, 3.8) is 0 Å². The van der Waals surface area contributed by atoms with Gasteiger partial charge in [-0.15, -0.1) is 0 Å². The Hall–Kier alpha value is -2.15. The van der Waals surface area contributed by atoms with Gasteiger partial charge in [-0.05, 0) is 12.8 Å². The van der Waals surface area contributed by atoms with Crippen molar-refractivity contribution in [1.82, 2.24) is 19.6 Å². The van der Waals surface area contributed by atoms with Gasteiger partial charge in [0.1, 0.15) is 5.69 Å². The van der Waals surface area contributed by atoms with Crippen molar-refractivity contribution < 1.29 is 9.90 Å². The maximum absolute atomic E-state index is 12.4. The molecule has 0 unspecified atom stereocenters. The average Bonchev–Trinajstić information content (AvgIpc) is 3.04. The molecule has 2 rings (SSSR count). The largest absolute Gasteiger partial charge is 0.389 e. The fourth-order valence-electron chi connectivity index (χ4n) is 3.06. The number of aromatic nitrogens is 4. The summed E-state index contributed by atoms with van der Waals surface area (Å²) in [4.78, 5) is 12.4. The first-order valence-electron chi connectivity index (χ1n) is 8.41. The van der Waals surface area contributed by atoms with Gasteiger partial charge in [0.25, 0.3) is 0 Å². The summed E-state index contributed by atoms with van der Waals surface area (Å²) in [5.41, 5.74) is 1.20. The Kier molecular flexibility index (Phi) is 5.77. The summed E-state index contributed by atoms with van der Waals surface area (Å²) in [6.45, 7) is 4.03. The summed E-state index contributed by atoms with van der Waals surface area (Å²) >= 11 is 0. The van der Waals surface area contributed by atoms with E-state index in [2.05, 4.69) is 15.5 Å². The number of carbonyl (C=O) groups excluding carboxylic acids is 1. The van der Waals surface area contributed by atoms with Crippen LogP contribution in [0, 0.1) is 0 Å². The van der Waals surface area contributed by atoms with Crippen LogP contribution >= 0.6 is 0 Å². The van der Waals surface area contributed by atoms with Crippen LogP contribution < -0.4 is 5.32 Å². The van der Waals surface area contributed by atoms with E-state index < -0.39 is 5.60 Å². The quantitative estimate of drug-likeness (QED) is 0.777. The number of aliphatic hydroxyl groups is 1. The second-order valence-electron chi connectivity index (χ2n) is 6.42. The van der Waals surface area contributed by atoms with Gasteiger partial charge < -0.3 is 10.4 Å². The number of carbonyl (C=O) groups is 1. The third kappa shape index (κ3) is 4.44. The zero-order chi connectivity index (χ0) is 17.7. The smallest absolute Gasteiger partial charge is 0.227 e. The lowest BCUT2D eigenvalue weighted by molar-refractivity contribution is -0.121. The highest BCUT2D eigenvalue weighted by Crippen LogP contribution is 2.28. The highest BCUT2D eigenvalue weighted by molar-refractivity contribution is 5.94. The number of rotatable bonds is 8. The molecule has 7 nitrogen and oxygen atoms in total. The predicted octanol–water partition coefficient (Wildman–Crippen LogP) is 2.48. The van der Waals surface area contributed by atoms with Gasteiger partial charge in [-0.2, -0.15) is 10.2 Å². The zero-order valence-corrected chi connectivity index (χ0v) is 14.9. The van der Waals surface area contributed by atoms with Crippen molar-refractivity contribution in [3.8, 4) is 11.3 Å². The number of nitrogens with zero attached hydrogens (tertiary/aromatic N) is 4. The van der Waals surface area contributed by atoms with Crippen molar-refractivity contribution in [2.24, 2.45) is 14.1 Å². The molecule has 0 saturated carbocycles. The van der Waals surface area contributed by atoms with Gasteiger partial charge in [-0.25, -0.2) is 0 Å². The van der Waals surface area contributed by atoms with E-state index in [1.165, 1.54) is 0 Å². The fourth-order valence-corrected chi connectivity index (χ4v) is 3.06. The Balaban J connectivity index is 2.14. The number of hydrogen-bond donors (Lipinski definition) is 2. The van der Waals surface area contributed by atoms with Crippen LogP contribution in [0.2, 0.25) is 0 Å². The first-order valence-corrected chi connectivity index (χ1v) is 8.41. The molecule has 0 bridgehead atoms. The van der Waals surface area contributed by atoms with E-state index in [4.69, 9.17) is 0 Å². The molecule has 0 aromatic carbocycles. The van der Waals surface area contributed by atoms with Crippen molar-refractivity contribution >= 4 is 11.6 Å². The molecule has 0 radical (unpaired) electrons. The third-order valence-corrected chi connectivity index (χ3v) is 4.00. The Bertz CT molecular complexity index is 683.